The van der Waals surface area contributed by atoms with Gasteiger partial charge in [-0.05, 0) is 24.0 Å². The molecule has 2 amide bonds. The van der Waals surface area contributed by atoms with E-state index in [-0.39, 0.29) is 13.3 Å². The molecule has 15 nitrogen and oxygen atoms in total. The zero-order valence-electron chi connectivity index (χ0n) is 32.3. The highest BCUT2D eigenvalue weighted by Gasteiger charge is 2.21. The summed E-state index contributed by atoms with van der Waals surface area (Å²) in [6, 6.07) is 19.7. The number of anilines is 4. The van der Waals surface area contributed by atoms with Gasteiger partial charge < -0.3 is 32.0 Å². The monoisotopic (exact) mass is 732 g/mol. The molecule has 2 aromatic carbocycles. The molecule has 0 aliphatic rings. The van der Waals surface area contributed by atoms with E-state index in [0.29, 0.717) is 42.9 Å². The number of nitrogen functional groups attached to an aromatic ring is 1. The van der Waals surface area contributed by atoms with Crippen molar-refractivity contribution in [3.8, 4) is 11.5 Å². The van der Waals surface area contributed by atoms with Gasteiger partial charge in [-0.3, -0.25) is 19.2 Å². The third-order valence-electron chi connectivity index (χ3n) is 6.75. The first-order chi connectivity index (χ1) is 25.4. The maximum Gasteiger partial charge on any atom is 0.310 e. The van der Waals surface area contributed by atoms with E-state index in [9.17, 15) is 19.2 Å². The Bertz CT molecular complexity index is 1710. The summed E-state index contributed by atoms with van der Waals surface area (Å²) in [5.41, 5.74) is 7.74. The molecule has 0 radical (unpaired) electrons. The molecule has 2 heterocycles. The minimum atomic E-state index is -0.562. The summed E-state index contributed by atoms with van der Waals surface area (Å²) in [6.07, 6.45) is 7.27. The van der Waals surface area contributed by atoms with Crippen LogP contribution in [0, 0.1) is 0 Å². The van der Waals surface area contributed by atoms with Crippen LogP contribution in [0.5, 0.6) is 11.5 Å². The van der Waals surface area contributed by atoms with E-state index in [4.69, 9.17) is 15.2 Å². The van der Waals surface area contributed by atoms with Gasteiger partial charge in [0.1, 0.15) is 13.2 Å². The van der Waals surface area contributed by atoms with E-state index >= 15 is 0 Å². The van der Waals surface area contributed by atoms with Gasteiger partial charge in [-0.25, -0.2) is 14.9 Å². The number of unbranched alkanes of at least 4 members (excludes halogenated alkanes) is 2. The quantitative estimate of drug-likeness (QED) is 0.0706. The van der Waals surface area contributed by atoms with Crippen molar-refractivity contribution in [3.05, 3.63) is 84.2 Å². The van der Waals surface area contributed by atoms with Crippen LogP contribution < -0.4 is 30.7 Å². The number of aromatic nitrogens is 4. The number of carbonyl (C=O) groups is 4. The number of hydrogen-bond acceptors (Lipinski definition) is 14. The molecule has 53 heavy (non-hydrogen) atoms. The first-order valence-corrected chi connectivity index (χ1v) is 17.3. The first-order valence-electron chi connectivity index (χ1n) is 17.3. The van der Waals surface area contributed by atoms with Crippen molar-refractivity contribution in [3.63, 3.8) is 0 Å². The number of nitrogens with zero attached hydrogens (tertiary/aromatic N) is 5. The maximum atomic E-state index is 11.7. The van der Waals surface area contributed by atoms with E-state index < -0.39 is 23.8 Å². The van der Waals surface area contributed by atoms with Crippen LogP contribution in [0.3, 0.4) is 0 Å². The van der Waals surface area contributed by atoms with Gasteiger partial charge in [0, 0.05) is 40.8 Å². The molecule has 4 aromatic rings. The molecule has 0 spiro atoms. The highest BCUT2D eigenvalue weighted by Crippen LogP contribution is 2.25. The molecule has 0 aliphatic carbocycles. The standard InChI is InChI=1S/C19H24N4O3.C15H20N4O.C4H6O3.H/c1-4-5-11-20-18-17(26-13-16-9-7-6-8-10-16)12-21-19(22-18)23(14(2)24)15(3)25;1-2-3-9-17-14-13(10-18-15(16)19-14)20-11-12-7-5-4-6-8-12;1-3(5)7-4(2)6;/h6-10,12H,4-5,11,13H2,1-3H3,(H,20,21,22);4-8,10H,2-3,9,11H2,1H3,(H3,16,17,18,19);1-2H3;/q;;;-1/i;;;1+1. The van der Waals surface area contributed by atoms with E-state index in [1.54, 1.807) is 6.20 Å². The van der Waals surface area contributed by atoms with Crippen LogP contribution in [0.25, 0.3) is 0 Å². The Morgan fingerprint density at radius 3 is 1.51 bits per heavy atom. The van der Waals surface area contributed by atoms with Crippen LogP contribution in [0.4, 0.5) is 23.5 Å². The van der Waals surface area contributed by atoms with Crippen molar-refractivity contribution in [2.45, 2.75) is 80.4 Å². The normalized spacial score (nSPS) is 9.92. The molecule has 0 atom stereocenters. The molecule has 4 N–H and O–H groups in total. The average Bonchev–Trinajstić information content (AvgIpc) is 3.12. The fourth-order valence-electron chi connectivity index (χ4n) is 4.26. The Balaban J connectivity index is 0.000000462. The van der Waals surface area contributed by atoms with Crippen molar-refractivity contribution in [1.82, 2.24) is 19.9 Å². The van der Waals surface area contributed by atoms with Crippen molar-refractivity contribution >= 4 is 47.3 Å². The average molecular weight is 733 g/mol. The SMILES string of the molecule is CC(=O)OC(C)=O.CCCCNc1nc(N(C(C)=O)C(C)=O)ncc1OCc1ccccc1.CCCCNc1nc(N)ncc1OCc1ccccc1.[2H-]. The molecular weight excluding hydrogens is 680 g/mol. The van der Waals surface area contributed by atoms with E-state index in [1.807, 2.05) is 60.7 Å². The summed E-state index contributed by atoms with van der Waals surface area (Å²) in [5, 5.41) is 6.43. The molecule has 0 aliphatic heterocycles. The predicted octanol–water partition coefficient (Wildman–Crippen LogP) is 6.23. The summed E-state index contributed by atoms with van der Waals surface area (Å²) < 4.78 is 15.6. The highest BCUT2D eigenvalue weighted by atomic mass is 16.6. The number of nitrogens with two attached hydrogens (primary N) is 1. The topological polar surface area (TPSA) is 201 Å². The van der Waals surface area contributed by atoms with Crippen LogP contribution in [0.1, 0.15) is 79.8 Å². The van der Waals surface area contributed by atoms with Crippen molar-refractivity contribution in [2.24, 2.45) is 0 Å². The molecular formula is C38H51N8O7-. The van der Waals surface area contributed by atoms with Gasteiger partial charge in [-0.15, -0.1) is 0 Å². The maximum absolute atomic E-state index is 11.7. The minimum Gasteiger partial charge on any atom is -1.00 e. The van der Waals surface area contributed by atoms with Crippen LogP contribution in [0.2, 0.25) is 0 Å². The lowest BCUT2D eigenvalue weighted by molar-refractivity contribution is -0.156. The van der Waals surface area contributed by atoms with Gasteiger partial charge in [-0.1, -0.05) is 87.4 Å². The molecule has 0 bridgehead atoms. The Morgan fingerprint density at radius 2 is 1.11 bits per heavy atom. The van der Waals surface area contributed by atoms with Gasteiger partial charge in [0.2, 0.25) is 23.7 Å². The zero-order chi connectivity index (χ0) is 39.0. The van der Waals surface area contributed by atoms with Crippen LogP contribution in [-0.2, 0) is 37.1 Å². The summed E-state index contributed by atoms with van der Waals surface area (Å²) in [6.45, 7) is 11.6. The zero-order valence-corrected chi connectivity index (χ0v) is 31.3. The molecule has 0 saturated carbocycles. The summed E-state index contributed by atoms with van der Waals surface area (Å²) in [7, 11) is 0. The summed E-state index contributed by atoms with van der Waals surface area (Å²) in [4.78, 5) is 60.6. The number of carbonyl (C=O) groups excluding carboxylic acids is 4. The summed E-state index contributed by atoms with van der Waals surface area (Å²) >= 11 is 0. The second-order valence-electron chi connectivity index (χ2n) is 11.4. The molecule has 2 aromatic heterocycles. The van der Waals surface area contributed by atoms with Crippen molar-refractivity contribution in [2.75, 3.05) is 34.4 Å². The molecule has 0 unspecified atom stereocenters. The van der Waals surface area contributed by atoms with Crippen molar-refractivity contribution in [1.29, 1.82) is 0 Å². The molecule has 0 fully saturated rings. The number of esters is 2. The lowest BCUT2D eigenvalue weighted by Crippen LogP contribution is -2.34. The number of rotatable bonds is 15. The molecule has 286 valence electrons. The molecule has 4 rings (SSSR count). The van der Waals surface area contributed by atoms with Gasteiger partial charge in [0.15, 0.2) is 23.1 Å². The summed E-state index contributed by atoms with van der Waals surface area (Å²) in [5.74, 6) is 0.505. The van der Waals surface area contributed by atoms with Gasteiger partial charge in [-0.2, -0.15) is 9.97 Å². The van der Waals surface area contributed by atoms with Gasteiger partial charge >= 0.3 is 11.9 Å². The van der Waals surface area contributed by atoms with E-state index in [0.717, 1.165) is 48.3 Å². The Morgan fingerprint density at radius 1 is 0.679 bits per heavy atom. The third kappa shape index (κ3) is 17.1. The smallest absolute Gasteiger partial charge is 0.310 e. The van der Waals surface area contributed by atoms with Crippen LogP contribution >= 0.6 is 0 Å². The fourth-order valence-corrected chi connectivity index (χ4v) is 4.26. The minimum absolute atomic E-state index is 0. The molecule has 0 saturated heterocycles. The van der Waals surface area contributed by atoms with E-state index in [2.05, 4.69) is 49.2 Å². The number of imide groups is 1. The van der Waals surface area contributed by atoms with Crippen LogP contribution in [-0.4, -0.2) is 56.8 Å². The predicted molar refractivity (Wildman–Crippen MR) is 204 cm³/mol. The van der Waals surface area contributed by atoms with Crippen LogP contribution in [0.15, 0.2) is 73.1 Å². The number of nitrogens with one attached hydrogen (secondary N) is 2. The third-order valence-corrected chi connectivity index (χ3v) is 6.75. The number of amides is 2. The van der Waals surface area contributed by atoms with Crippen molar-refractivity contribution < 1.29 is 34.8 Å². The highest BCUT2D eigenvalue weighted by molar-refractivity contribution is 6.11. The lowest BCUT2D eigenvalue weighted by atomic mass is 10.2. The Hall–Kier alpha value is -6.12. The number of ether oxygens (including phenoxy) is 3. The second kappa shape index (κ2) is 24.1. The fraction of sp³-hybridized carbons (Fsp3) is 0.368. The van der Waals surface area contributed by atoms with E-state index in [1.165, 1.54) is 33.9 Å². The number of hydrogen-bond donors (Lipinski definition) is 3. The Kier molecular flexibility index (Phi) is 19.6. The Labute approximate surface area is 312 Å². The largest absolute Gasteiger partial charge is 1.00 e. The van der Waals surface area contributed by atoms with Gasteiger partial charge in [0.25, 0.3) is 0 Å². The van der Waals surface area contributed by atoms with Gasteiger partial charge in [0.05, 0.1) is 12.4 Å². The second-order valence-corrected chi connectivity index (χ2v) is 11.4. The number of benzene rings is 2. The molecule has 15 heteroatoms. The lowest BCUT2D eigenvalue weighted by Gasteiger charge is -2.18. The first kappa shape index (κ1) is 43.0.